The fourth-order valence-electron chi connectivity index (χ4n) is 1.65. The summed E-state index contributed by atoms with van der Waals surface area (Å²) in [4.78, 5) is 0.883. The normalized spacial score (nSPS) is 22.3. The highest BCUT2D eigenvalue weighted by Gasteiger charge is 2.16. The third-order valence-electron chi connectivity index (χ3n) is 2.35. The van der Waals surface area contributed by atoms with Crippen molar-refractivity contribution in [2.24, 2.45) is 0 Å². The van der Waals surface area contributed by atoms with Gasteiger partial charge in [-0.25, -0.2) is 0 Å². The highest BCUT2D eigenvalue weighted by atomic mass is 32.2. The Morgan fingerprint density at radius 2 is 2.60 bits per heavy atom. The van der Waals surface area contributed by atoms with Crippen molar-refractivity contribution >= 4 is 28.1 Å². The minimum Gasteiger partial charge on any atom is -0.312 e. The molecular formula is C8H11N5S2. The molecule has 7 heteroatoms. The van der Waals surface area contributed by atoms with Gasteiger partial charge in [0, 0.05) is 30.5 Å². The summed E-state index contributed by atoms with van der Waals surface area (Å²) in [5.74, 6) is 2.40. The summed E-state index contributed by atoms with van der Waals surface area (Å²) >= 11 is 3.64. The van der Waals surface area contributed by atoms with Gasteiger partial charge < -0.3 is 5.32 Å². The van der Waals surface area contributed by atoms with E-state index >= 15 is 0 Å². The molecular weight excluding hydrogens is 230 g/mol. The van der Waals surface area contributed by atoms with Crippen molar-refractivity contribution in [2.75, 3.05) is 18.1 Å². The molecule has 0 spiro atoms. The van der Waals surface area contributed by atoms with Gasteiger partial charge in [0.15, 0.2) is 0 Å². The van der Waals surface area contributed by atoms with E-state index in [4.69, 9.17) is 0 Å². The Balaban J connectivity index is 1.74. The first kappa shape index (κ1) is 9.56. The van der Waals surface area contributed by atoms with Crippen molar-refractivity contribution in [3.63, 3.8) is 0 Å². The molecule has 0 amide bonds. The van der Waals surface area contributed by atoms with Crippen LogP contribution in [0.1, 0.15) is 5.01 Å². The van der Waals surface area contributed by atoms with Gasteiger partial charge in [0.1, 0.15) is 11.3 Å². The van der Waals surface area contributed by atoms with E-state index in [2.05, 4.69) is 20.6 Å². The molecule has 1 saturated heterocycles. The van der Waals surface area contributed by atoms with Crippen LogP contribution in [-0.4, -0.2) is 43.9 Å². The molecule has 1 aliphatic heterocycles. The molecule has 2 aromatic rings. The lowest BCUT2D eigenvalue weighted by molar-refractivity contribution is 0.559. The summed E-state index contributed by atoms with van der Waals surface area (Å²) in [6.45, 7) is 1.11. The second-order valence-corrected chi connectivity index (χ2v) is 5.67. The molecule has 0 aliphatic carbocycles. The molecule has 15 heavy (non-hydrogen) atoms. The zero-order valence-corrected chi connectivity index (χ0v) is 9.72. The van der Waals surface area contributed by atoms with E-state index in [-0.39, 0.29) is 0 Å². The Morgan fingerprint density at radius 3 is 3.40 bits per heavy atom. The fourth-order valence-corrected chi connectivity index (χ4v) is 3.49. The predicted octanol–water partition coefficient (Wildman–Crippen LogP) is 0.433. The van der Waals surface area contributed by atoms with Gasteiger partial charge in [-0.2, -0.15) is 21.4 Å². The molecule has 0 bridgehead atoms. The maximum absolute atomic E-state index is 4.43. The molecule has 2 aromatic heterocycles. The Morgan fingerprint density at radius 1 is 1.60 bits per heavy atom. The van der Waals surface area contributed by atoms with Crippen LogP contribution in [0.4, 0.5) is 0 Å². The number of hydrogen-bond donors (Lipinski definition) is 1. The standard InChI is InChI=1S/C8H11N5S2/c1-2-14-4-6(9-1)3-7-12-13-5-10-11-8(13)15-7/h5-6,9H,1-4H2. The van der Waals surface area contributed by atoms with E-state index in [1.165, 1.54) is 11.5 Å². The number of fused-ring (bicyclic) bond motifs is 1. The first-order chi connectivity index (χ1) is 7.42. The molecule has 3 rings (SSSR count). The molecule has 0 saturated carbocycles. The van der Waals surface area contributed by atoms with Crippen molar-refractivity contribution in [2.45, 2.75) is 12.5 Å². The van der Waals surface area contributed by atoms with Crippen LogP contribution >= 0.6 is 23.1 Å². The SMILES string of the molecule is c1nnc2sc(CC3CSCCN3)nn12. The number of rotatable bonds is 2. The number of nitrogens with one attached hydrogen (secondary N) is 1. The van der Waals surface area contributed by atoms with E-state index in [0.717, 1.165) is 22.9 Å². The average Bonchev–Trinajstić information content (AvgIpc) is 2.79. The van der Waals surface area contributed by atoms with Crippen molar-refractivity contribution in [3.8, 4) is 0 Å². The number of thioether (sulfide) groups is 1. The third-order valence-corrected chi connectivity index (χ3v) is 4.41. The number of nitrogens with zero attached hydrogens (tertiary/aromatic N) is 4. The van der Waals surface area contributed by atoms with Crippen LogP contribution in [0.2, 0.25) is 0 Å². The van der Waals surface area contributed by atoms with E-state index in [0.29, 0.717) is 6.04 Å². The molecule has 80 valence electrons. The molecule has 1 unspecified atom stereocenters. The van der Waals surface area contributed by atoms with Gasteiger partial charge in [0.25, 0.3) is 0 Å². The third kappa shape index (κ3) is 1.99. The zero-order valence-electron chi connectivity index (χ0n) is 8.09. The highest BCUT2D eigenvalue weighted by molar-refractivity contribution is 7.99. The van der Waals surface area contributed by atoms with Crippen molar-refractivity contribution < 1.29 is 0 Å². The van der Waals surface area contributed by atoms with Gasteiger partial charge in [-0.1, -0.05) is 11.3 Å². The lowest BCUT2D eigenvalue weighted by Gasteiger charge is -2.21. The molecule has 3 heterocycles. The average molecular weight is 241 g/mol. The van der Waals surface area contributed by atoms with Crippen molar-refractivity contribution in [3.05, 3.63) is 11.3 Å². The molecule has 1 aliphatic rings. The Bertz CT molecular complexity index is 416. The lowest BCUT2D eigenvalue weighted by Crippen LogP contribution is -2.38. The smallest absolute Gasteiger partial charge is 0.234 e. The number of aromatic nitrogens is 4. The Hall–Kier alpha value is -0.660. The maximum Gasteiger partial charge on any atom is 0.234 e. The molecule has 1 atom stereocenters. The van der Waals surface area contributed by atoms with Crippen LogP contribution in [0.25, 0.3) is 4.96 Å². The Kier molecular flexibility index (Phi) is 2.59. The maximum atomic E-state index is 4.43. The second kappa shape index (κ2) is 4.07. The van der Waals surface area contributed by atoms with Crippen LogP contribution < -0.4 is 5.32 Å². The highest BCUT2D eigenvalue weighted by Crippen LogP contribution is 2.16. The first-order valence-corrected chi connectivity index (χ1v) is 6.86. The molecule has 1 N–H and O–H groups in total. The Labute approximate surface area is 95.3 Å². The summed E-state index contributed by atoms with van der Waals surface area (Å²) in [6, 6.07) is 0.563. The largest absolute Gasteiger partial charge is 0.312 e. The predicted molar refractivity (Wildman–Crippen MR) is 61.5 cm³/mol. The van der Waals surface area contributed by atoms with E-state index in [9.17, 15) is 0 Å². The fraction of sp³-hybridized carbons (Fsp3) is 0.625. The summed E-state index contributed by atoms with van der Waals surface area (Å²) < 4.78 is 1.75. The van der Waals surface area contributed by atoms with E-state index < -0.39 is 0 Å². The molecule has 5 nitrogen and oxygen atoms in total. The summed E-state index contributed by atoms with van der Waals surface area (Å²) in [5.41, 5.74) is 0. The van der Waals surface area contributed by atoms with Crippen molar-refractivity contribution in [1.82, 2.24) is 25.1 Å². The molecule has 1 fully saturated rings. The number of hydrogen-bond acceptors (Lipinski definition) is 6. The van der Waals surface area contributed by atoms with E-state index in [1.807, 2.05) is 11.8 Å². The van der Waals surface area contributed by atoms with Crippen LogP contribution in [-0.2, 0) is 6.42 Å². The van der Waals surface area contributed by atoms with Gasteiger partial charge in [-0.3, -0.25) is 0 Å². The summed E-state index contributed by atoms with van der Waals surface area (Å²) in [6.07, 6.45) is 2.65. The van der Waals surface area contributed by atoms with Crippen LogP contribution in [0.3, 0.4) is 0 Å². The van der Waals surface area contributed by atoms with E-state index in [1.54, 1.807) is 22.2 Å². The zero-order chi connectivity index (χ0) is 10.1. The van der Waals surface area contributed by atoms with Gasteiger partial charge in [-0.15, -0.1) is 10.2 Å². The summed E-state index contributed by atoms with van der Waals surface area (Å²) in [5, 5.41) is 16.8. The monoisotopic (exact) mass is 241 g/mol. The molecule has 0 aromatic carbocycles. The van der Waals surface area contributed by atoms with Crippen LogP contribution in [0.15, 0.2) is 6.33 Å². The van der Waals surface area contributed by atoms with Gasteiger partial charge in [-0.05, 0) is 0 Å². The van der Waals surface area contributed by atoms with Crippen LogP contribution in [0.5, 0.6) is 0 Å². The lowest BCUT2D eigenvalue weighted by atomic mass is 10.2. The van der Waals surface area contributed by atoms with Crippen molar-refractivity contribution in [1.29, 1.82) is 0 Å². The quantitative estimate of drug-likeness (QED) is 0.826. The minimum absolute atomic E-state index is 0.563. The van der Waals surface area contributed by atoms with Gasteiger partial charge >= 0.3 is 0 Å². The first-order valence-electron chi connectivity index (χ1n) is 4.89. The second-order valence-electron chi connectivity index (χ2n) is 3.48. The van der Waals surface area contributed by atoms with Gasteiger partial charge in [0.2, 0.25) is 4.96 Å². The topological polar surface area (TPSA) is 55.1 Å². The minimum atomic E-state index is 0.563. The van der Waals surface area contributed by atoms with Gasteiger partial charge in [0.05, 0.1) is 0 Å². The molecule has 0 radical (unpaired) electrons. The summed E-state index contributed by atoms with van der Waals surface area (Å²) in [7, 11) is 0. The van der Waals surface area contributed by atoms with Crippen LogP contribution in [0, 0.1) is 0 Å².